The number of primary amides is 1. The molecule has 0 saturated heterocycles. The molecular formula is C7H16ClNO7. The van der Waals surface area contributed by atoms with Crippen molar-refractivity contribution < 1.29 is 35.4 Å². The summed E-state index contributed by atoms with van der Waals surface area (Å²) in [4.78, 5) is 10.3. The van der Waals surface area contributed by atoms with E-state index >= 15 is 0 Å². The molecule has 98 valence electrons. The number of aliphatic hydroxyl groups excluding tert-OH is 5. The lowest BCUT2D eigenvalue weighted by atomic mass is 10.0. The van der Waals surface area contributed by atoms with Gasteiger partial charge < -0.3 is 36.4 Å². The molecule has 9 heteroatoms. The Morgan fingerprint density at radius 1 is 1.12 bits per heavy atom. The fourth-order valence-electron chi connectivity index (χ4n) is 0.674. The maximum Gasteiger partial charge on any atom is 0.249 e. The summed E-state index contributed by atoms with van der Waals surface area (Å²) in [7, 11) is 0. The molecule has 0 rings (SSSR count). The lowest BCUT2D eigenvalue weighted by molar-refractivity contribution is -0.142. The van der Waals surface area contributed by atoms with Crippen LogP contribution < -0.4 is 5.73 Å². The van der Waals surface area contributed by atoms with E-state index in [0.29, 0.717) is 0 Å². The summed E-state index contributed by atoms with van der Waals surface area (Å²) in [6.45, 7) is -0.750. The van der Waals surface area contributed by atoms with Gasteiger partial charge in [0.1, 0.15) is 19.0 Å². The lowest BCUT2D eigenvalue weighted by Gasteiger charge is -2.23. The van der Waals surface area contributed by atoms with Gasteiger partial charge >= 0.3 is 0 Å². The fourth-order valence-corrected chi connectivity index (χ4v) is 0.857. The Labute approximate surface area is 96.5 Å². The second-order valence-electron chi connectivity index (χ2n) is 2.69. The minimum Gasteiger partial charge on any atom is -0.389 e. The minimum atomic E-state index is -1.92. The summed E-state index contributed by atoms with van der Waals surface area (Å²) in [6, 6.07) is 0. The molecular weight excluding hydrogens is 246 g/mol. The van der Waals surface area contributed by atoms with Gasteiger partial charge in [-0.05, 0) is 0 Å². The molecule has 0 aliphatic rings. The van der Waals surface area contributed by atoms with Crippen LogP contribution in [0.3, 0.4) is 0 Å². The van der Waals surface area contributed by atoms with Crippen molar-refractivity contribution in [2.75, 3.05) is 12.7 Å². The van der Waals surface area contributed by atoms with Gasteiger partial charge in [0.05, 0.1) is 12.0 Å². The van der Waals surface area contributed by atoms with Crippen LogP contribution in [0, 0.1) is 0 Å². The van der Waals surface area contributed by atoms with Gasteiger partial charge in [-0.1, -0.05) is 0 Å². The molecule has 0 fully saturated rings. The molecule has 8 nitrogen and oxygen atoms in total. The predicted molar refractivity (Wildman–Crippen MR) is 53.2 cm³/mol. The number of hydrogen-bond acceptors (Lipinski definition) is 7. The van der Waals surface area contributed by atoms with Gasteiger partial charge in [-0.2, -0.15) is 0 Å². The van der Waals surface area contributed by atoms with E-state index in [2.05, 4.69) is 5.73 Å². The molecule has 0 aromatic carbocycles. The number of amides is 1. The maximum atomic E-state index is 10.3. The van der Waals surface area contributed by atoms with Crippen LogP contribution in [0.25, 0.3) is 0 Å². The summed E-state index contributed by atoms with van der Waals surface area (Å²) >= 11 is 5.16. The Morgan fingerprint density at radius 2 is 1.50 bits per heavy atom. The Bertz CT molecular complexity index is 194. The van der Waals surface area contributed by atoms with Crippen LogP contribution in [0.4, 0.5) is 0 Å². The number of halogens is 1. The number of nitrogens with two attached hydrogens (primary N) is 1. The zero-order chi connectivity index (χ0) is 13.3. The number of aliphatic hydroxyl groups is 6. The zero-order valence-corrected chi connectivity index (χ0v) is 9.03. The first-order valence-corrected chi connectivity index (χ1v) is 4.66. The average Bonchev–Trinajstić information content (AvgIpc) is 2.25. The van der Waals surface area contributed by atoms with Gasteiger partial charge in [-0.3, -0.25) is 4.79 Å². The number of carbonyl (C=O) groups excluding carboxylic acids is 1. The Balaban J connectivity index is 0. The summed E-state index contributed by atoms with van der Waals surface area (Å²) in [5.41, 5.74) is 4.64. The standard InChI is InChI=1S/C6H12ClNO5.CH4O2/c7-1-2(9)3(10)4(11)5(12)6(8)13;2-1-3/h2-5,9-12H,1H2,(H2,8,13);2-3H,1H2. The summed E-state index contributed by atoms with van der Waals surface area (Å²) in [5.74, 6) is -1.52. The highest BCUT2D eigenvalue weighted by atomic mass is 35.5. The van der Waals surface area contributed by atoms with Crippen molar-refractivity contribution in [2.24, 2.45) is 5.73 Å². The lowest BCUT2D eigenvalue weighted by Crippen LogP contribution is -2.50. The molecule has 0 bridgehead atoms. The Morgan fingerprint density at radius 3 is 1.75 bits per heavy atom. The monoisotopic (exact) mass is 261 g/mol. The van der Waals surface area contributed by atoms with Gasteiger partial charge in [0.15, 0.2) is 6.10 Å². The molecule has 8 N–H and O–H groups in total. The molecule has 0 aromatic rings. The number of hydrogen-bond donors (Lipinski definition) is 7. The van der Waals surface area contributed by atoms with Crippen LogP contribution in [0.5, 0.6) is 0 Å². The first-order valence-electron chi connectivity index (χ1n) is 4.12. The molecule has 0 spiro atoms. The van der Waals surface area contributed by atoms with E-state index in [1.165, 1.54) is 0 Å². The average molecular weight is 262 g/mol. The molecule has 0 saturated carbocycles. The number of alkyl halides is 1. The van der Waals surface area contributed by atoms with Gasteiger partial charge in [0, 0.05) is 0 Å². The normalized spacial score (nSPS) is 17.7. The van der Waals surface area contributed by atoms with Crippen molar-refractivity contribution in [3.63, 3.8) is 0 Å². The molecule has 4 unspecified atom stereocenters. The van der Waals surface area contributed by atoms with E-state index < -0.39 is 37.1 Å². The van der Waals surface area contributed by atoms with E-state index in [9.17, 15) is 4.79 Å². The van der Waals surface area contributed by atoms with E-state index in [4.69, 9.17) is 42.2 Å². The maximum absolute atomic E-state index is 10.3. The third-order valence-corrected chi connectivity index (χ3v) is 1.83. The van der Waals surface area contributed by atoms with Crippen LogP contribution in [0.15, 0.2) is 0 Å². The minimum absolute atomic E-state index is 0.330. The topological polar surface area (TPSA) is 164 Å². The second-order valence-corrected chi connectivity index (χ2v) is 3.00. The van der Waals surface area contributed by atoms with Crippen molar-refractivity contribution in [2.45, 2.75) is 24.4 Å². The van der Waals surface area contributed by atoms with Crippen LogP contribution in [0.1, 0.15) is 0 Å². The van der Waals surface area contributed by atoms with Gasteiger partial charge in [0.2, 0.25) is 5.91 Å². The van der Waals surface area contributed by atoms with Crippen LogP contribution >= 0.6 is 11.6 Å². The van der Waals surface area contributed by atoms with Crippen molar-refractivity contribution in [3.8, 4) is 0 Å². The number of carbonyl (C=O) groups is 1. The summed E-state index contributed by atoms with van der Waals surface area (Å²) < 4.78 is 0. The van der Waals surface area contributed by atoms with Crippen molar-refractivity contribution >= 4 is 17.5 Å². The predicted octanol–water partition coefficient (Wildman–Crippen LogP) is -3.92. The first-order chi connectivity index (χ1) is 7.33. The SMILES string of the molecule is NC(=O)C(O)C(O)C(O)C(O)CCl.OCO. The van der Waals surface area contributed by atoms with E-state index in [1.54, 1.807) is 0 Å². The zero-order valence-electron chi connectivity index (χ0n) is 8.27. The van der Waals surface area contributed by atoms with Crippen molar-refractivity contribution in [1.82, 2.24) is 0 Å². The van der Waals surface area contributed by atoms with Gasteiger partial charge in [-0.25, -0.2) is 0 Å². The quantitative estimate of drug-likeness (QED) is 0.196. The van der Waals surface area contributed by atoms with E-state index in [1.807, 2.05) is 0 Å². The van der Waals surface area contributed by atoms with Crippen LogP contribution in [-0.2, 0) is 4.79 Å². The third-order valence-electron chi connectivity index (χ3n) is 1.52. The van der Waals surface area contributed by atoms with Crippen molar-refractivity contribution in [1.29, 1.82) is 0 Å². The van der Waals surface area contributed by atoms with Gasteiger partial charge in [0.25, 0.3) is 0 Å². The molecule has 0 radical (unpaired) electrons. The molecule has 0 aliphatic heterocycles. The highest BCUT2D eigenvalue weighted by molar-refractivity contribution is 6.18. The van der Waals surface area contributed by atoms with E-state index in [0.717, 1.165) is 0 Å². The summed E-state index contributed by atoms with van der Waals surface area (Å²) in [6.07, 6.45) is -6.90. The molecule has 16 heavy (non-hydrogen) atoms. The molecule has 0 aromatic heterocycles. The molecule has 0 aliphatic carbocycles. The van der Waals surface area contributed by atoms with Crippen LogP contribution in [-0.4, -0.2) is 73.6 Å². The Hall–Kier alpha value is -0.480. The second kappa shape index (κ2) is 9.73. The van der Waals surface area contributed by atoms with E-state index in [-0.39, 0.29) is 5.88 Å². The smallest absolute Gasteiger partial charge is 0.249 e. The first kappa shape index (κ1) is 17.9. The fraction of sp³-hybridized carbons (Fsp3) is 0.857. The van der Waals surface area contributed by atoms with Crippen LogP contribution in [0.2, 0.25) is 0 Å². The number of rotatable bonds is 5. The van der Waals surface area contributed by atoms with Crippen molar-refractivity contribution in [3.05, 3.63) is 0 Å². The molecule has 1 amide bonds. The molecule has 4 atom stereocenters. The largest absolute Gasteiger partial charge is 0.389 e. The molecule has 0 heterocycles. The highest BCUT2D eigenvalue weighted by Gasteiger charge is 2.32. The Kier molecular flexibility index (Phi) is 10.9. The highest BCUT2D eigenvalue weighted by Crippen LogP contribution is 2.06. The summed E-state index contributed by atoms with van der Waals surface area (Å²) in [5, 5.41) is 50.1. The van der Waals surface area contributed by atoms with Gasteiger partial charge in [-0.15, -0.1) is 11.6 Å². The third kappa shape index (κ3) is 6.90.